The summed E-state index contributed by atoms with van der Waals surface area (Å²) in [6.07, 6.45) is 2.50. The lowest BCUT2D eigenvalue weighted by atomic mass is 9.87. The molecular weight excluding hydrogens is 516 g/mol. The van der Waals surface area contributed by atoms with Crippen LogP contribution >= 0.6 is 11.6 Å². The van der Waals surface area contributed by atoms with Crippen molar-refractivity contribution in [1.82, 2.24) is 10.2 Å². The van der Waals surface area contributed by atoms with Crippen LogP contribution in [0.15, 0.2) is 115 Å². The third-order valence-electron chi connectivity index (χ3n) is 7.18. The van der Waals surface area contributed by atoms with E-state index in [1.807, 2.05) is 91.0 Å². The first-order valence-corrected chi connectivity index (χ1v) is 14.4. The van der Waals surface area contributed by atoms with Crippen LogP contribution in [0.4, 0.5) is 0 Å². The van der Waals surface area contributed by atoms with Crippen molar-refractivity contribution >= 4 is 23.4 Å². The maximum Gasteiger partial charge on any atom is 0.243 e. The number of amides is 2. The molecule has 0 aliphatic heterocycles. The summed E-state index contributed by atoms with van der Waals surface area (Å²) in [7, 11) is 0. The van der Waals surface area contributed by atoms with Crippen LogP contribution < -0.4 is 5.32 Å². The van der Waals surface area contributed by atoms with Crippen LogP contribution in [-0.4, -0.2) is 29.3 Å². The molecule has 206 valence electrons. The zero-order valence-electron chi connectivity index (χ0n) is 23.0. The van der Waals surface area contributed by atoms with Crippen molar-refractivity contribution in [2.75, 3.05) is 6.54 Å². The first-order valence-electron chi connectivity index (χ1n) is 14.0. The SMILES string of the molecule is CCCCNC(=O)C(Cc1ccccc1)N(Cc1ccccc1Cl)C(=O)CC(c1ccccc1)c1ccccc1. The lowest BCUT2D eigenvalue weighted by Gasteiger charge is -2.33. The summed E-state index contributed by atoms with van der Waals surface area (Å²) in [5.74, 6) is -0.387. The van der Waals surface area contributed by atoms with E-state index in [-0.39, 0.29) is 30.7 Å². The number of benzene rings is 4. The molecule has 0 heterocycles. The van der Waals surface area contributed by atoms with E-state index in [4.69, 9.17) is 11.6 Å². The Balaban J connectivity index is 1.72. The van der Waals surface area contributed by atoms with Gasteiger partial charge in [0.25, 0.3) is 0 Å². The van der Waals surface area contributed by atoms with Gasteiger partial charge in [0.05, 0.1) is 0 Å². The van der Waals surface area contributed by atoms with Crippen LogP contribution in [0.2, 0.25) is 5.02 Å². The molecule has 0 bridgehead atoms. The minimum Gasteiger partial charge on any atom is -0.354 e. The summed E-state index contributed by atoms with van der Waals surface area (Å²) in [6, 6.07) is 36.9. The number of nitrogens with one attached hydrogen (secondary N) is 1. The first kappa shape index (κ1) is 29.1. The Morgan fingerprint density at radius 2 is 1.32 bits per heavy atom. The number of unbranched alkanes of at least 4 members (excludes halogenated alkanes) is 1. The highest BCUT2D eigenvalue weighted by atomic mass is 35.5. The van der Waals surface area contributed by atoms with Gasteiger partial charge in [-0.15, -0.1) is 0 Å². The van der Waals surface area contributed by atoms with Crippen molar-refractivity contribution in [3.8, 4) is 0 Å². The third-order valence-corrected chi connectivity index (χ3v) is 7.55. The Morgan fingerprint density at radius 3 is 1.90 bits per heavy atom. The normalized spacial score (nSPS) is 11.7. The molecule has 4 aromatic carbocycles. The minimum atomic E-state index is -0.685. The lowest BCUT2D eigenvalue weighted by molar-refractivity contribution is -0.141. The number of hydrogen-bond acceptors (Lipinski definition) is 2. The van der Waals surface area contributed by atoms with Crippen molar-refractivity contribution in [1.29, 1.82) is 0 Å². The highest BCUT2D eigenvalue weighted by Gasteiger charge is 2.32. The second kappa shape index (κ2) is 15.0. The van der Waals surface area contributed by atoms with Crippen molar-refractivity contribution in [3.63, 3.8) is 0 Å². The molecule has 0 aliphatic carbocycles. The molecule has 0 fully saturated rings. The van der Waals surface area contributed by atoms with Gasteiger partial charge in [0.2, 0.25) is 11.8 Å². The second-order valence-corrected chi connectivity index (χ2v) is 10.4. The Morgan fingerprint density at radius 1 is 0.775 bits per heavy atom. The summed E-state index contributed by atoms with van der Waals surface area (Å²) in [4.78, 5) is 29.8. The third kappa shape index (κ3) is 8.06. The molecule has 4 nitrogen and oxygen atoms in total. The Kier molecular flexibility index (Phi) is 10.9. The standard InChI is InChI=1S/C35H37ClN2O2/c1-2-3-23-37-35(40)33(24-27-15-7-4-8-16-27)38(26-30-21-13-14-22-32(30)36)34(39)25-31(28-17-9-5-10-18-28)29-19-11-6-12-20-29/h4-22,31,33H,2-3,23-26H2,1H3,(H,37,40). The Labute approximate surface area is 243 Å². The van der Waals surface area contributed by atoms with Gasteiger partial charge in [0, 0.05) is 36.9 Å². The van der Waals surface area contributed by atoms with Gasteiger partial charge in [-0.05, 0) is 34.7 Å². The zero-order chi connectivity index (χ0) is 28.2. The molecule has 1 unspecified atom stereocenters. The van der Waals surface area contributed by atoms with Crippen molar-refractivity contribution in [3.05, 3.63) is 143 Å². The summed E-state index contributed by atoms with van der Waals surface area (Å²) >= 11 is 6.58. The molecule has 0 spiro atoms. The van der Waals surface area contributed by atoms with E-state index >= 15 is 0 Å². The summed E-state index contributed by atoms with van der Waals surface area (Å²) < 4.78 is 0. The van der Waals surface area contributed by atoms with Crippen molar-refractivity contribution in [2.24, 2.45) is 0 Å². The molecule has 1 N–H and O–H groups in total. The van der Waals surface area contributed by atoms with Crippen molar-refractivity contribution < 1.29 is 9.59 Å². The molecule has 0 saturated heterocycles. The Bertz CT molecular complexity index is 1310. The van der Waals surface area contributed by atoms with Gasteiger partial charge in [-0.3, -0.25) is 9.59 Å². The van der Waals surface area contributed by atoms with Gasteiger partial charge in [-0.1, -0.05) is 134 Å². The van der Waals surface area contributed by atoms with Crippen molar-refractivity contribution in [2.45, 2.75) is 51.1 Å². The smallest absolute Gasteiger partial charge is 0.243 e. The summed E-state index contributed by atoms with van der Waals surface area (Å²) in [6.45, 7) is 2.91. The van der Waals surface area contributed by atoms with E-state index in [1.165, 1.54) is 0 Å². The van der Waals surface area contributed by atoms with E-state index in [1.54, 1.807) is 4.90 Å². The predicted octanol–water partition coefficient (Wildman–Crippen LogP) is 7.42. The Hall–Kier alpha value is -3.89. The van der Waals surface area contributed by atoms with E-state index < -0.39 is 6.04 Å². The van der Waals surface area contributed by atoms with Crippen LogP contribution in [-0.2, 0) is 22.6 Å². The summed E-state index contributed by atoms with van der Waals surface area (Å²) in [5, 5.41) is 3.67. The number of carbonyl (C=O) groups excluding carboxylic acids is 2. The number of rotatable bonds is 13. The number of hydrogen-bond donors (Lipinski definition) is 1. The average Bonchev–Trinajstić information content (AvgIpc) is 3.00. The van der Waals surface area contributed by atoms with Crippen LogP contribution in [0.1, 0.15) is 54.4 Å². The van der Waals surface area contributed by atoms with Gasteiger partial charge in [0.15, 0.2) is 0 Å². The quantitative estimate of drug-likeness (QED) is 0.175. The van der Waals surface area contributed by atoms with Crippen LogP contribution in [0.5, 0.6) is 0 Å². The fraction of sp³-hybridized carbons (Fsp3) is 0.257. The van der Waals surface area contributed by atoms with E-state index in [0.717, 1.165) is 35.1 Å². The monoisotopic (exact) mass is 552 g/mol. The minimum absolute atomic E-state index is 0.0933. The van der Waals surface area contributed by atoms with Crippen LogP contribution in [0.3, 0.4) is 0 Å². The first-order chi connectivity index (χ1) is 19.6. The maximum absolute atomic E-state index is 14.4. The number of halogens is 1. The fourth-order valence-electron chi connectivity index (χ4n) is 4.96. The molecule has 5 heteroatoms. The van der Waals surface area contributed by atoms with Gasteiger partial charge in [0.1, 0.15) is 6.04 Å². The van der Waals surface area contributed by atoms with E-state index in [9.17, 15) is 9.59 Å². The zero-order valence-corrected chi connectivity index (χ0v) is 23.8. The average molecular weight is 553 g/mol. The van der Waals surface area contributed by atoms with E-state index in [2.05, 4.69) is 36.5 Å². The summed E-state index contributed by atoms with van der Waals surface area (Å²) in [5.41, 5.74) is 3.93. The van der Waals surface area contributed by atoms with Gasteiger partial charge >= 0.3 is 0 Å². The number of nitrogens with zero attached hydrogens (tertiary/aromatic N) is 1. The lowest BCUT2D eigenvalue weighted by Crippen LogP contribution is -2.51. The van der Waals surface area contributed by atoms with Crippen LogP contribution in [0, 0.1) is 0 Å². The topological polar surface area (TPSA) is 49.4 Å². The maximum atomic E-state index is 14.4. The second-order valence-electron chi connectivity index (χ2n) is 10.0. The molecule has 2 amide bonds. The predicted molar refractivity (Wildman–Crippen MR) is 163 cm³/mol. The molecule has 4 aromatic rings. The molecular formula is C35H37ClN2O2. The molecule has 4 rings (SSSR count). The van der Waals surface area contributed by atoms with Crippen LogP contribution in [0.25, 0.3) is 0 Å². The molecule has 0 radical (unpaired) electrons. The molecule has 0 aromatic heterocycles. The van der Waals surface area contributed by atoms with Gasteiger partial charge < -0.3 is 10.2 Å². The van der Waals surface area contributed by atoms with E-state index in [0.29, 0.717) is 18.0 Å². The molecule has 0 saturated carbocycles. The van der Waals surface area contributed by atoms with Gasteiger partial charge in [-0.25, -0.2) is 0 Å². The number of carbonyl (C=O) groups is 2. The van der Waals surface area contributed by atoms with Gasteiger partial charge in [-0.2, -0.15) is 0 Å². The largest absolute Gasteiger partial charge is 0.354 e. The highest BCUT2D eigenvalue weighted by Crippen LogP contribution is 2.30. The molecule has 40 heavy (non-hydrogen) atoms. The molecule has 0 aliphatic rings. The molecule has 1 atom stereocenters. The fourth-order valence-corrected chi connectivity index (χ4v) is 5.16. The highest BCUT2D eigenvalue weighted by molar-refractivity contribution is 6.31.